The van der Waals surface area contributed by atoms with Crippen molar-refractivity contribution in [1.29, 1.82) is 0 Å². The predicted octanol–water partition coefficient (Wildman–Crippen LogP) is 3.82. The maximum atomic E-state index is 11.1. The average molecular weight is 383 g/mol. The molecule has 1 amide bonds. The van der Waals surface area contributed by atoms with Gasteiger partial charge in [-0.05, 0) is 49.3 Å². The third-order valence-corrected chi connectivity index (χ3v) is 6.23. The molecule has 0 atom stereocenters. The minimum Gasteiger partial charge on any atom is -0.486 e. The van der Waals surface area contributed by atoms with Crippen molar-refractivity contribution in [2.75, 3.05) is 0 Å². The fourth-order valence-corrected chi connectivity index (χ4v) is 4.51. The largest absolute Gasteiger partial charge is 0.486 e. The molecule has 1 aromatic carbocycles. The monoisotopic (exact) mass is 382 g/mol. The van der Waals surface area contributed by atoms with Gasteiger partial charge in [0, 0.05) is 25.9 Å². The second-order valence-corrected chi connectivity index (χ2v) is 8.29. The number of nitrogens with one attached hydrogen (secondary N) is 1. The van der Waals surface area contributed by atoms with Crippen LogP contribution in [0.15, 0.2) is 24.3 Å². The van der Waals surface area contributed by atoms with E-state index in [1.54, 1.807) is 6.92 Å². The Morgan fingerprint density at radius 2 is 1.82 bits per heavy atom. The molecule has 0 spiro atoms. The van der Waals surface area contributed by atoms with Crippen molar-refractivity contribution < 1.29 is 9.53 Å². The van der Waals surface area contributed by atoms with Crippen LogP contribution in [-0.4, -0.2) is 26.7 Å². The highest BCUT2D eigenvalue weighted by Crippen LogP contribution is 2.36. The van der Waals surface area contributed by atoms with E-state index < -0.39 is 0 Å². The van der Waals surface area contributed by atoms with Crippen molar-refractivity contribution in [3.63, 3.8) is 0 Å². The molecule has 0 saturated heterocycles. The molecule has 2 aliphatic rings. The maximum Gasteiger partial charge on any atom is 0.217 e. The molecule has 6 nitrogen and oxygen atoms in total. The van der Waals surface area contributed by atoms with Gasteiger partial charge in [-0.15, -0.1) is 10.2 Å². The smallest absolute Gasteiger partial charge is 0.217 e. The van der Waals surface area contributed by atoms with Gasteiger partial charge >= 0.3 is 0 Å². The Balaban J connectivity index is 1.30. The van der Waals surface area contributed by atoms with Crippen molar-refractivity contribution in [2.45, 2.75) is 76.4 Å². The zero-order valence-corrected chi connectivity index (χ0v) is 16.9. The first-order chi connectivity index (χ1) is 13.6. The van der Waals surface area contributed by atoms with E-state index in [9.17, 15) is 4.79 Å². The van der Waals surface area contributed by atoms with E-state index in [2.05, 4.69) is 39.8 Å². The standard InChI is InChI=1S/C22H30N4O2/c1-15(27)23-19-12-18(13-19)22-25-24-21(26(22)2)14-28-20-10-8-17(9-11-20)16-6-4-3-5-7-16/h8-11,16,18-19H,3-7,12-14H2,1-2H3,(H,23,27). The van der Waals surface area contributed by atoms with Gasteiger partial charge in [-0.1, -0.05) is 31.4 Å². The Kier molecular flexibility index (Phi) is 5.64. The van der Waals surface area contributed by atoms with Gasteiger partial charge < -0.3 is 14.6 Å². The van der Waals surface area contributed by atoms with Crippen LogP contribution in [0.1, 0.15) is 80.9 Å². The highest BCUT2D eigenvalue weighted by molar-refractivity contribution is 5.73. The number of nitrogens with zero attached hydrogens (tertiary/aromatic N) is 3. The quantitative estimate of drug-likeness (QED) is 0.824. The number of rotatable bonds is 6. The fourth-order valence-electron chi connectivity index (χ4n) is 4.51. The van der Waals surface area contributed by atoms with Crippen molar-refractivity contribution in [1.82, 2.24) is 20.1 Å². The van der Waals surface area contributed by atoms with Crippen molar-refractivity contribution in [3.8, 4) is 5.75 Å². The topological polar surface area (TPSA) is 69.0 Å². The molecule has 0 unspecified atom stereocenters. The Morgan fingerprint density at radius 3 is 2.50 bits per heavy atom. The summed E-state index contributed by atoms with van der Waals surface area (Å²) in [5.74, 6) is 3.79. The molecular weight excluding hydrogens is 352 g/mol. The molecule has 1 aromatic heterocycles. The lowest BCUT2D eigenvalue weighted by atomic mass is 9.79. The van der Waals surface area contributed by atoms with Gasteiger partial charge in [0.05, 0.1) is 0 Å². The molecule has 4 rings (SSSR count). The second kappa shape index (κ2) is 8.33. The van der Waals surface area contributed by atoms with Crippen molar-refractivity contribution in [3.05, 3.63) is 41.5 Å². The minimum absolute atomic E-state index is 0.0324. The summed E-state index contributed by atoms with van der Waals surface area (Å²) in [6, 6.07) is 8.84. The highest BCUT2D eigenvalue weighted by atomic mass is 16.5. The molecule has 2 aromatic rings. The third kappa shape index (κ3) is 4.21. The van der Waals surface area contributed by atoms with E-state index in [0.29, 0.717) is 18.4 Å². The van der Waals surface area contributed by atoms with Gasteiger partial charge in [-0.2, -0.15) is 0 Å². The normalized spacial score (nSPS) is 22.5. The van der Waals surface area contributed by atoms with Crippen LogP contribution >= 0.6 is 0 Å². The zero-order valence-electron chi connectivity index (χ0n) is 16.9. The Morgan fingerprint density at radius 1 is 1.11 bits per heavy atom. The van der Waals surface area contributed by atoms with E-state index in [1.165, 1.54) is 37.7 Å². The lowest BCUT2D eigenvalue weighted by Gasteiger charge is -2.34. The number of hydrogen-bond donors (Lipinski definition) is 1. The first-order valence-electron chi connectivity index (χ1n) is 10.5. The van der Waals surface area contributed by atoms with Crippen LogP contribution in [0.5, 0.6) is 5.75 Å². The molecule has 150 valence electrons. The predicted molar refractivity (Wildman–Crippen MR) is 107 cm³/mol. The SMILES string of the molecule is CC(=O)NC1CC(c2nnc(COc3ccc(C4CCCCC4)cc3)n2C)C1. The lowest BCUT2D eigenvalue weighted by molar-refractivity contribution is -0.120. The van der Waals surface area contributed by atoms with Crippen LogP contribution < -0.4 is 10.1 Å². The lowest BCUT2D eigenvalue weighted by Crippen LogP contribution is -2.43. The van der Waals surface area contributed by atoms with Gasteiger partial charge in [-0.25, -0.2) is 0 Å². The van der Waals surface area contributed by atoms with Crippen LogP contribution in [0.25, 0.3) is 0 Å². The first kappa shape index (κ1) is 19.0. The summed E-state index contributed by atoms with van der Waals surface area (Å²) in [6.07, 6.45) is 8.56. The van der Waals surface area contributed by atoms with Gasteiger partial charge in [0.1, 0.15) is 18.2 Å². The van der Waals surface area contributed by atoms with E-state index in [-0.39, 0.29) is 11.9 Å². The molecule has 2 aliphatic carbocycles. The van der Waals surface area contributed by atoms with Gasteiger partial charge in [-0.3, -0.25) is 4.79 Å². The Bertz CT molecular complexity index is 802. The van der Waals surface area contributed by atoms with Crippen molar-refractivity contribution in [2.24, 2.45) is 7.05 Å². The molecule has 0 aliphatic heterocycles. The molecule has 1 N–H and O–H groups in total. The molecule has 1 heterocycles. The third-order valence-electron chi connectivity index (χ3n) is 6.23. The average Bonchev–Trinajstić information content (AvgIpc) is 3.04. The highest BCUT2D eigenvalue weighted by Gasteiger charge is 2.34. The molecule has 6 heteroatoms. The number of benzene rings is 1. The first-order valence-corrected chi connectivity index (χ1v) is 10.5. The Labute approximate surface area is 166 Å². The fraction of sp³-hybridized carbons (Fsp3) is 0.591. The molecule has 2 fully saturated rings. The molecular formula is C22H30N4O2. The van der Waals surface area contributed by atoms with Crippen LogP contribution in [0.2, 0.25) is 0 Å². The van der Waals surface area contributed by atoms with E-state index >= 15 is 0 Å². The summed E-state index contributed by atoms with van der Waals surface area (Å²) in [7, 11) is 1.99. The van der Waals surface area contributed by atoms with Gasteiger partial charge in [0.15, 0.2) is 5.82 Å². The van der Waals surface area contributed by atoms with Crippen LogP contribution in [0.3, 0.4) is 0 Å². The summed E-state index contributed by atoms with van der Waals surface area (Å²) in [5.41, 5.74) is 1.44. The van der Waals surface area contributed by atoms with Gasteiger partial charge in [0.25, 0.3) is 0 Å². The van der Waals surface area contributed by atoms with Crippen LogP contribution in [-0.2, 0) is 18.4 Å². The van der Waals surface area contributed by atoms with Gasteiger partial charge in [0.2, 0.25) is 5.91 Å². The number of ether oxygens (including phenoxy) is 1. The number of carbonyl (C=O) groups is 1. The molecule has 2 saturated carbocycles. The van der Waals surface area contributed by atoms with Crippen molar-refractivity contribution >= 4 is 5.91 Å². The Hall–Kier alpha value is -2.37. The number of amides is 1. The number of hydrogen-bond acceptors (Lipinski definition) is 4. The summed E-state index contributed by atoms with van der Waals surface area (Å²) >= 11 is 0. The van der Waals surface area contributed by atoms with Crippen LogP contribution in [0, 0.1) is 0 Å². The zero-order chi connectivity index (χ0) is 19.5. The van der Waals surface area contributed by atoms with E-state index in [4.69, 9.17) is 4.74 Å². The maximum absolute atomic E-state index is 11.1. The summed E-state index contributed by atoms with van der Waals surface area (Å²) in [5, 5.41) is 11.6. The van der Waals surface area contributed by atoms with E-state index in [1.807, 2.05) is 11.6 Å². The van der Waals surface area contributed by atoms with E-state index in [0.717, 1.165) is 30.2 Å². The summed E-state index contributed by atoms with van der Waals surface area (Å²) in [4.78, 5) is 11.1. The summed E-state index contributed by atoms with van der Waals surface area (Å²) < 4.78 is 7.99. The minimum atomic E-state index is 0.0324. The molecule has 28 heavy (non-hydrogen) atoms. The van der Waals surface area contributed by atoms with Crippen LogP contribution in [0.4, 0.5) is 0 Å². The molecule has 0 bridgehead atoms. The molecule has 0 radical (unpaired) electrons. The second-order valence-electron chi connectivity index (χ2n) is 8.29. The number of aromatic nitrogens is 3. The number of carbonyl (C=O) groups excluding carboxylic acids is 1. The summed E-state index contributed by atoms with van der Waals surface area (Å²) in [6.45, 7) is 1.97.